The van der Waals surface area contributed by atoms with Gasteiger partial charge in [0.05, 0.1) is 5.52 Å². The molecule has 3 rings (SSSR count). The minimum Gasteiger partial charge on any atom is -0.228 e. The molecule has 0 fully saturated rings. The molecule has 0 saturated heterocycles. The molecule has 0 aliphatic heterocycles. The molecule has 5 heteroatoms. The van der Waals surface area contributed by atoms with Gasteiger partial charge in [-0.25, -0.2) is 14.4 Å². The smallest absolute Gasteiger partial charge is 0.161 e. The number of aromatic nitrogens is 2. The van der Waals surface area contributed by atoms with Gasteiger partial charge in [-0.05, 0) is 48.9 Å². The monoisotopic (exact) mass is 350 g/mol. The van der Waals surface area contributed by atoms with Gasteiger partial charge in [0.25, 0.3) is 0 Å². The van der Waals surface area contributed by atoms with Gasteiger partial charge < -0.3 is 0 Å². The van der Waals surface area contributed by atoms with Crippen molar-refractivity contribution in [3.05, 3.63) is 57.4 Å². The van der Waals surface area contributed by atoms with Gasteiger partial charge in [0.1, 0.15) is 11.0 Å². The molecule has 100 valence electrons. The van der Waals surface area contributed by atoms with E-state index >= 15 is 0 Å². The average Bonchev–Trinajstić information content (AvgIpc) is 2.39. The van der Waals surface area contributed by atoms with Gasteiger partial charge in [-0.2, -0.15) is 0 Å². The van der Waals surface area contributed by atoms with Crippen LogP contribution in [-0.2, 0) is 0 Å². The van der Waals surface area contributed by atoms with E-state index < -0.39 is 0 Å². The van der Waals surface area contributed by atoms with Crippen molar-refractivity contribution in [1.82, 2.24) is 9.97 Å². The molecule has 20 heavy (non-hydrogen) atoms. The molecule has 2 aromatic carbocycles. The summed E-state index contributed by atoms with van der Waals surface area (Å²) in [6, 6.07) is 10.2. The van der Waals surface area contributed by atoms with E-state index in [0.717, 1.165) is 26.5 Å². The highest BCUT2D eigenvalue weighted by Crippen LogP contribution is 2.28. The maximum Gasteiger partial charge on any atom is 0.161 e. The zero-order valence-electron chi connectivity index (χ0n) is 10.5. The Hall–Kier alpha value is -1.52. The summed E-state index contributed by atoms with van der Waals surface area (Å²) in [7, 11) is 0. The van der Waals surface area contributed by atoms with Gasteiger partial charge in [-0.15, -0.1) is 0 Å². The van der Waals surface area contributed by atoms with Crippen LogP contribution in [0.1, 0.15) is 5.56 Å². The van der Waals surface area contributed by atoms with Crippen LogP contribution in [0.25, 0.3) is 22.3 Å². The zero-order valence-corrected chi connectivity index (χ0v) is 12.8. The van der Waals surface area contributed by atoms with Crippen molar-refractivity contribution in [2.45, 2.75) is 6.92 Å². The predicted octanol–water partition coefficient (Wildman–Crippen LogP) is 5.16. The topological polar surface area (TPSA) is 25.8 Å². The maximum atomic E-state index is 13.2. The molecular formula is C15H9BrClFN2. The van der Waals surface area contributed by atoms with Crippen molar-refractivity contribution in [2.75, 3.05) is 0 Å². The third kappa shape index (κ3) is 2.41. The molecule has 0 radical (unpaired) electrons. The molecular weight excluding hydrogens is 343 g/mol. The molecule has 0 spiro atoms. The van der Waals surface area contributed by atoms with Crippen molar-refractivity contribution >= 4 is 38.4 Å². The van der Waals surface area contributed by atoms with Gasteiger partial charge in [0.2, 0.25) is 0 Å². The van der Waals surface area contributed by atoms with Gasteiger partial charge >= 0.3 is 0 Å². The Morgan fingerprint density at radius 2 is 1.90 bits per heavy atom. The van der Waals surface area contributed by atoms with E-state index in [0.29, 0.717) is 11.0 Å². The van der Waals surface area contributed by atoms with Crippen molar-refractivity contribution in [3.8, 4) is 11.4 Å². The van der Waals surface area contributed by atoms with Crippen molar-refractivity contribution in [1.29, 1.82) is 0 Å². The first-order valence-corrected chi connectivity index (χ1v) is 7.11. The van der Waals surface area contributed by atoms with E-state index in [1.165, 1.54) is 12.1 Å². The van der Waals surface area contributed by atoms with E-state index in [2.05, 4.69) is 25.9 Å². The van der Waals surface area contributed by atoms with E-state index in [9.17, 15) is 4.39 Å². The second-order valence-corrected chi connectivity index (χ2v) is 5.73. The van der Waals surface area contributed by atoms with Gasteiger partial charge in [0, 0.05) is 15.4 Å². The highest BCUT2D eigenvalue weighted by atomic mass is 79.9. The first-order chi connectivity index (χ1) is 9.54. The van der Waals surface area contributed by atoms with Gasteiger partial charge in [-0.1, -0.05) is 27.5 Å². The van der Waals surface area contributed by atoms with Crippen LogP contribution >= 0.6 is 27.5 Å². The molecule has 0 amide bonds. The minimum atomic E-state index is -0.276. The van der Waals surface area contributed by atoms with Crippen LogP contribution < -0.4 is 0 Å². The molecule has 0 saturated carbocycles. The Labute approximate surface area is 128 Å². The van der Waals surface area contributed by atoms with Crippen LogP contribution in [0.2, 0.25) is 5.15 Å². The normalized spacial score (nSPS) is 11.0. The average molecular weight is 352 g/mol. The lowest BCUT2D eigenvalue weighted by molar-refractivity contribution is 0.627. The van der Waals surface area contributed by atoms with Crippen LogP contribution in [0, 0.1) is 12.7 Å². The van der Waals surface area contributed by atoms with Crippen LogP contribution in [-0.4, -0.2) is 9.97 Å². The highest BCUT2D eigenvalue weighted by Gasteiger charge is 2.10. The molecule has 0 aliphatic rings. The highest BCUT2D eigenvalue weighted by molar-refractivity contribution is 9.10. The summed E-state index contributed by atoms with van der Waals surface area (Å²) in [4.78, 5) is 8.81. The molecule has 0 bridgehead atoms. The number of hydrogen-bond acceptors (Lipinski definition) is 2. The lowest BCUT2D eigenvalue weighted by atomic mass is 10.1. The Morgan fingerprint density at radius 3 is 2.65 bits per heavy atom. The SMILES string of the molecule is Cc1cc(F)ccc1-c1nc(Cl)c2cc(Br)ccc2n1. The van der Waals surface area contributed by atoms with Crippen LogP contribution in [0.3, 0.4) is 0 Å². The number of benzene rings is 2. The molecule has 1 heterocycles. The van der Waals surface area contributed by atoms with Crippen molar-refractivity contribution in [3.63, 3.8) is 0 Å². The second-order valence-electron chi connectivity index (χ2n) is 4.46. The summed E-state index contributed by atoms with van der Waals surface area (Å²) in [6.45, 7) is 1.82. The quantitative estimate of drug-likeness (QED) is 0.566. The molecule has 0 unspecified atom stereocenters. The molecule has 3 aromatic rings. The third-order valence-corrected chi connectivity index (χ3v) is 3.82. The lowest BCUT2D eigenvalue weighted by Crippen LogP contribution is -1.94. The standard InChI is InChI=1S/C15H9BrClFN2/c1-8-6-10(18)3-4-11(8)15-19-13-5-2-9(16)7-12(13)14(17)20-15/h2-7H,1H3. The van der Waals surface area contributed by atoms with E-state index in [4.69, 9.17) is 11.6 Å². The largest absolute Gasteiger partial charge is 0.228 e. The predicted molar refractivity (Wildman–Crippen MR) is 82.4 cm³/mol. The Morgan fingerprint density at radius 1 is 1.10 bits per heavy atom. The summed E-state index contributed by atoms with van der Waals surface area (Å²) in [6.07, 6.45) is 0. The lowest BCUT2D eigenvalue weighted by Gasteiger charge is -2.07. The zero-order chi connectivity index (χ0) is 14.3. The van der Waals surface area contributed by atoms with E-state index in [1.54, 1.807) is 6.07 Å². The van der Waals surface area contributed by atoms with Gasteiger partial charge in [-0.3, -0.25) is 0 Å². The molecule has 2 nitrogen and oxygen atoms in total. The second kappa shape index (κ2) is 5.11. The Balaban J connectivity index is 2.24. The summed E-state index contributed by atoms with van der Waals surface area (Å²) in [5.41, 5.74) is 2.31. The minimum absolute atomic E-state index is 0.276. The number of nitrogens with zero attached hydrogens (tertiary/aromatic N) is 2. The number of halogens is 3. The molecule has 0 atom stereocenters. The summed E-state index contributed by atoms with van der Waals surface area (Å²) >= 11 is 9.62. The number of fused-ring (bicyclic) bond motifs is 1. The number of aryl methyl sites for hydroxylation is 1. The fourth-order valence-electron chi connectivity index (χ4n) is 2.06. The molecule has 0 aliphatic carbocycles. The first-order valence-electron chi connectivity index (χ1n) is 5.94. The van der Waals surface area contributed by atoms with Crippen LogP contribution in [0.4, 0.5) is 4.39 Å². The fourth-order valence-corrected chi connectivity index (χ4v) is 2.65. The number of rotatable bonds is 1. The maximum absolute atomic E-state index is 13.2. The van der Waals surface area contributed by atoms with E-state index in [-0.39, 0.29) is 5.82 Å². The van der Waals surface area contributed by atoms with E-state index in [1.807, 2.05) is 25.1 Å². The van der Waals surface area contributed by atoms with Crippen LogP contribution in [0.5, 0.6) is 0 Å². The molecule has 0 N–H and O–H groups in total. The fraction of sp³-hybridized carbons (Fsp3) is 0.0667. The Bertz CT molecular complexity index is 820. The summed E-state index contributed by atoms with van der Waals surface area (Å²) < 4.78 is 14.1. The van der Waals surface area contributed by atoms with Crippen molar-refractivity contribution < 1.29 is 4.39 Å². The summed E-state index contributed by atoms with van der Waals surface area (Å²) in [5, 5.41) is 1.17. The third-order valence-electron chi connectivity index (χ3n) is 3.04. The Kier molecular flexibility index (Phi) is 3.44. The van der Waals surface area contributed by atoms with Crippen molar-refractivity contribution in [2.24, 2.45) is 0 Å². The number of hydrogen-bond donors (Lipinski definition) is 0. The molecule has 1 aromatic heterocycles. The van der Waals surface area contributed by atoms with Crippen LogP contribution in [0.15, 0.2) is 40.9 Å². The first kappa shape index (κ1) is 13.5. The van der Waals surface area contributed by atoms with Gasteiger partial charge in [0.15, 0.2) is 5.82 Å². The summed E-state index contributed by atoms with van der Waals surface area (Å²) in [5.74, 6) is 0.226.